The number of rotatable bonds is 36. The van der Waals surface area contributed by atoms with Crippen LogP contribution in [0, 0.1) is 0 Å². The minimum Gasteiger partial charge on any atom is -0.356 e. The number of quaternary nitrogens is 2. The Hall–Kier alpha value is -1.14. The molecule has 0 rings (SSSR count). The summed E-state index contributed by atoms with van der Waals surface area (Å²) in [7, 11) is 9.27. The molecule has 2 N–H and O–H groups in total. The molecule has 0 fully saturated rings. The lowest BCUT2D eigenvalue weighted by Gasteiger charge is -2.33. The average molecular weight is 667 g/mol. The molecule has 0 saturated carbocycles. The Morgan fingerprint density at radius 1 is 0.362 bits per heavy atom. The molecule has 0 aromatic rings. The Labute approximate surface area is 295 Å². The Morgan fingerprint density at radius 2 is 0.617 bits per heavy atom. The first-order valence-electron chi connectivity index (χ1n) is 20.8. The van der Waals surface area contributed by atoms with Crippen LogP contribution in [-0.2, 0) is 9.59 Å². The minimum absolute atomic E-state index is 0.232. The molecule has 0 aromatic carbocycles. The highest BCUT2D eigenvalue weighted by Crippen LogP contribution is 2.13. The molecule has 6 heteroatoms. The summed E-state index contributed by atoms with van der Waals surface area (Å²) in [6.07, 6.45) is 33.6. The second kappa shape index (κ2) is 32.1. The van der Waals surface area contributed by atoms with Crippen LogP contribution >= 0.6 is 0 Å². The molecule has 6 nitrogen and oxygen atoms in total. The number of carbonyl (C=O) groups is 2. The smallest absolute Gasteiger partial charge is 0.219 e. The molecule has 0 aromatic heterocycles. The van der Waals surface area contributed by atoms with E-state index in [2.05, 4.69) is 52.7 Å². The third-order valence-electron chi connectivity index (χ3n) is 10.1. The number of hydrogen-bond acceptors (Lipinski definition) is 2. The van der Waals surface area contributed by atoms with Crippen LogP contribution in [0.25, 0.3) is 0 Å². The van der Waals surface area contributed by atoms with E-state index in [0.717, 1.165) is 73.9 Å². The van der Waals surface area contributed by atoms with Gasteiger partial charge in [-0.15, -0.1) is 0 Å². The highest BCUT2D eigenvalue weighted by Gasteiger charge is 2.19. The fourth-order valence-electron chi connectivity index (χ4n) is 6.70. The quantitative estimate of drug-likeness (QED) is 0.0517. The summed E-state index contributed by atoms with van der Waals surface area (Å²) in [5, 5.41) is 6.31. The SMILES string of the molecule is CCCCCCCCCCCCCC(=O)NCCC[N+](C)(C)CCC[N+](C)(C)CCCNC(=O)CCCCCCCCCCCCC. The molecular weight excluding hydrogens is 580 g/mol. The Bertz CT molecular complexity index is 652. The van der Waals surface area contributed by atoms with Crippen LogP contribution in [0.1, 0.15) is 187 Å². The monoisotopic (exact) mass is 667 g/mol. The van der Waals surface area contributed by atoms with Gasteiger partial charge in [-0.2, -0.15) is 0 Å². The lowest BCUT2D eigenvalue weighted by molar-refractivity contribution is -0.909. The molecule has 0 bridgehead atoms. The summed E-state index contributed by atoms with van der Waals surface area (Å²) in [5.74, 6) is 0.464. The third kappa shape index (κ3) is 34.5. The van der Waals surface area contributed by atoms with Crippen LogP contribution in [-0.4, -0.2) is 88.2 Å². The molecule has 0 aliphatic heterocycles. The predicted octanol–water partition coefficient (Wildman–Crippen LogP) is 9.94. The number of nitrogens with one attached hydrogen (secondary N) is 2. The number of unbranched alkanes of at least 4 members (excludes halogenated alkanes) is 20. The van der Waals surface area contributed by atoms with Crippen LogP contribution < -0.4 is 10.6 Å². The van der Waals surface area contributed by atoms with Gasteiger partial charge in [0.15, 0.2) is 0 Å². The maximum Gasteiger partial charge on any atom is 0.219 e. The van der Waals surface area contributed by atoms with E-state index in [-0.39, 0.29) is 11.8 Å². The summed E-state index contributed by atoms with van der Waals surface area (Å²) in [6.45, 7) is 10.6. The zero-order valence-electron chi connectivity index (χ0n) is 33.0. The molecule has 0 aliphatic carbocycles. The fraction of sp³-hybridized carbons (Fsp3) is 0.951. The first-order chi connectivity index (χ1) is 22.6. The van der Waals surface area contributed by atoms with Gasteiger partial charge in [-0.05, 0) is 12.8 Å². The lowest BCUT2D eigenvalue weighted by Crippen LogP contribution is -2.47. The zero-order valence-corrected chi connectivity index (χ0v) is 33.0. The van der Waals surface area contributed by atoms with Gasteiger partial charge in [0, 0.05) is 45.2 Å². The summed E-state index contributed by atoms with van der Waals surface area (Å²) in [6, 6.07) is 0. The predicted molar refractivity (Wildman–Crippen MR) is 206 cm³/mol. The van der Waals surface area contributed by atoms with Gasteiger partial charge in [0.05, 0.1) is 54.4 Å². The normalized spacial score (nSPS) is 12.0. The van der Waals surface area contributed by atoms with Crippen LogP contribution in [0.5, 0.6) is 0 Å². The highest BCUT2D eigenvalue weighted by molar-refractivity contribution is 5.76. The van der Waals surface area contributed by atoms with Gasteiger partial charge in [0.2, 0.25) is 11.8 Å². The molecule has 280 valence electrons. The van der Waals surface area contributed by atoms with E-state index in [1.807, 2.05) is 0 Å². The van der Waals surface area contributed by atoms with Crippen LogP contribution in [0.3, 0.4) is 0 Å². The third-order valence-corrected chi connectivity index (χ3v) is 10.1. The van der Waals surface area contributed by atoms with Crippen molar-refractivity contribution in [1.82, 2.24) is 10.6 Å². The van der Waals surface area contributed by atoms with E-state index in [1.165, 1.54) is 135 Å². The largest absolute Gasteiger partial charge is 0.356 e. The van der Waals surface area contributed by atoms with E-state index in [1.54, 1.807) is 0 Å². The summed E-state index contributed by atoms with van der Waals surface area (Å²) in [4.78, 5) is 24.5. The van der Waals surface area contributed by atoms with Crippen molar-refractivity contribution in [2.45, 2.75) is 187 Å². The van der Waals surface area contributed by atoms with Gasteiger partial charge in [-0.25, -0.2) is 0 Å². The van der Waals surface area contributed by atoms with Crippen LogP contribution in [0.2, 0.25) is 0 Å². The maximum atomic E-state index is 12.2. The Morgan fingerprint density at radius 3 is 0.915 bits per heavy atom. The van der Waals surface area contributed by atoms with E-state index >= 15 is 0 Å². The molecule has 2 amide bonds. The van der Waals surface area contributed by atoms with Gasteiger partial charge in [0.25, 0.3) is 0 Å². The van der Waals surface area contributed by atoms with Crippen LogP contribution in [0.4, 0.5) is 0 Å². The average Bonchev–Trinajstić information content (AvgIpc) is 3.02. The topological polar surface area (TPSA) is 58.2 Å². The molecule has 0 saturated heterocycles. The molecule has 0 aliphatic rings. The van der Waals surface area contributed by atoms with Crippen molar-refractivity contribution in [3.05, 3.63) is 0 Å². The van der Waals surface area contributed by atoms with Crippen LogP contribution in [0.15, 0.2) is 0 Å². The van der Waals surface area contributed by atoms with Crippen molar-refractivity contribution in [3.63, 3.8) is 0 Å². The minimum atomic E-state index is 0.232. The first kappa shape index (κ1) is 45.9. The molecular formula is C41H86N4O2+2. The number of nitrogens with zero attached hydrogens (tertiary/aromatic N) is 2. The van der Waals surface area contributed by atoms with Gasteiger partial charge >= 0.3 is 0 Å². The van der Waals surface area contributed by atoms with Crippen molar-refractivity contribution < 1.29 is 18.6 Å². The number of amides is 2. The van der Waals surface area contributed by atoms with E-state index in [9.17, 15) is 9.59 Å². The number of hydrogen-bond donors (Lipinski definition) is 2. The van der Waals surface area contributed by atoms with Crippen molar-refractivity contribution >= 4 is 11.8 Å². The second-order valence-corrected chi connectivity index (χ2v) is 16.1. The van der Waals surface area contributed by atoms with Gasteiger partial charge in [0.1, 0.15) is 0 Å². The first-order valence-corrected chi connectivity index (χ1v) is 20.8. The van der Waals surface area contributed by atoms with E-state index in [0.29, 0.717) is 12.8 Å². The summed E-state index contributed by atoms with van der Waals surface area (Å²) < 4.78 is 2.01. The van der Waals surface area contributed by atoms with Crippen molar-refractivity contribution in [3.8, 4) is 0 Å². The number of carbonyl (C=O) groups excluding carboxylic acids is 2. The summed E-state index contributed by atoms with van der Waals surface area (Å²) in [5.41, 5.74) is 0. The van der Waals surface area contributed by atoms with Gasteiger partial charge < -0.3 is 19.6 Å². The molecule has 47 heavy (non-hydrogen) atoms. The fourth-order valence-corrected chi connectivity index (χ4v) is 6.70. The summed E-state index contributed by atoms with van der Waals surface area (Å²) >= 11 is 0. The van der Waals surface area contributed by atoms with Gasteiger partial charge in [-0.1, -0.05) is 142 Å². The molecule has 0 heterocycles. The molecule has 0 atom stereocenters. The van der Waals surface area contributed by atoms with E-state index in [4.69, 9.17) is 0 Å². The zero-order chi connectivity index (χ0) is 34.9. The molecule has 0 spiro atoms. The molecule has 0 unspecified atom stereocenters. The Kier molecular flexibility index (Phi) is 31.3. The maximum absolute atomic E-state index is 12.2. The van der Waals surface area contributed by atoms with Crippen molar-refractivity contribution in [2.75, 3.05) is 67.5 Å². The lowest BCUT2D eigenvalue weighted by atomic mass is 10.1. The van der Waals surface area contributed by atoms with E-state index < -0.39 is 0 Å². The Balaban J connectivity index is 3.69. The standard InChI is InChI=1S/C41H84N4O2/c1-7-9-11-13-15-17-19-21-23-25-27-32-40(46)42-34-29-36-44(3,4)38-31-39-45(5,6)37-30-35-43-41(47)33-28-26-24-22-20-18-16-14-12-10-8-2/h7-39H2,1-6H3/p+2. The highest BCUT2D eigenvalue weighted by atomic mass is 16.2. The van der Waals surface area contributed by atoms with Crippen molar-refractivity contribution in [1.29, 1.82) is 0 Å². The molecule has 0 radical (unpaired) electrons. The van der Waals surface area contributed by atoms with Gasteiger partial charge in [-0.3, -0.25) is 9.59 Å². The van der Waals surface area contributed by atoms with Crippen molar-refractivity contribution in [2.24, 2.45) is 0 Å². The second-order valence-electron chi connectivity index (χ2n) is 16.1.